The van der Waals surface area contributed by atoms with Gasteiger partial charge in [-0.15, -0.1) is 0 Å². The summed E-state index contributed by atoms with van der Waals surface area (Å²) >= 11 is 1.43. The number of fused-ring (bicyclic) bond motifs is 1. The fourth-order valence-corrected chi connectivity index (χ4v) is 4.47. The van der Waals surface area contributed by atoms with Gasteiger partial charge in [0.2, 0.25) is 5.82 Å². The fraction of sp³-hybridized carbons (Fsp3) is 0.688. The second-order valence-corrected chi connectivity index (χ2v) is 7.62. The number of piperidine rings is 1. The summed E-state index contributed by atoms with van der Waals surface area (Å²) in [5, 5.41) is 13.3. The molecule has 4 rings (SSSR count). The summed E-state index contributed by atoms with van der Waals surface area (Å²) in [5.74, 6) is 1.33. The van der Waals surface area contributed by atoms with Crippen LogP contribution in [0.5, 0.6) is 0 Å². The number of thiazole rings is 1. The van der Waals surface area contributed by atoms with Crippen molar-refractivity contribution in [3.05, 3.63) is 21.7 Å². The van der Waals surface area contributed by atoms with Crippen LogP contribution in [0.2, 0.25) is 0 Å². The second-order valence-electron chi connectivity index (χ2n) is 6.74. The minimum atomic E-state index is -0.313. The van der Waals surface area contributed by atoms with Gasteiger partial charge in [0, 0.05) is 31.6 Å². The minimum absolute atomic E-state index is 0.100. The van der Waals surface area contributed by atoms with Crippen LogP contribution < -0.4 is 4.90 Å². The van der Waals surface area contributed by atoms with Crippen molar-refractivity contribution in [3.63, 3.8) is 0 Å². The third-order valence-corrected chi connectivity index (χ3v) is 6.02. The summed E-state index contributed by atoms with van der Waals surface area (Å²) in [4.78, 5) is 20.9. The van der Waals surface area contributed by atoms with Crippen LogP contribution in [0, 0.1) is 16.0 Å². The van der Waals surface area contributed by atoms with Crippen molar-refractivity contribution in [3.8, 4) is 0 Å². The zero-order chi connectivity index (χ0) is 17.2. The van der Waals surface area contributed by atoms with E-state index in [2.05, 4.69) is 14.8 Å². The molecular weight excluding hydrogens is 342 g/mol. The first kappa shape index (κ1) is 16.7. The van der Waals surface area contributed by atoms with E-state index in [9.17, 15) is 10.1 Å². The van der Waals surface area contributed by atoms with Gasteiger partial charge in [0.1, 0.15) is 6.20 Å². The number of nitro groups is 1. The molecule has 2 aliphatic rings. The molecule has 2 aromatic heterocycles. The Balaban J connectivity index is 1.36. The molecule has 0 atom stereocenters. The van der Waals surface area contributed by atoms with Crippen molar-refractivity contribution < 1.29 is 9.66 Å². The molecule has 0 amide bonds. The molecule has 0 radical (unpaired) electrons. The zero-order valence-corrected chi connectivity index (χ0v) is 15.0. The Morgan fingerprint density at radius 2 is 2.04 bits per heavy atom. The summed E-state index contributed by atoms with van der Waals surface area (Å²) in [5.41, 5.74) is 0. The van der Waals surface area contributed by atoms with Crippen LogP contribution in [0.1, 0.15) is 19.3 Å². The molecule has 0 saturated carbocycles. The van der Waals surface area contributed by atoms with E-state index >= 15 is 0 Å². The van der Waals surface area contributed by atoms with Crippen molar-refractivity contribution >= 4 is 27.9 Å². The topological polar surface area (TPSA) is 76.2 Å². The van der Waals surface area contributed by atoms with Crippen molar-refractivity contribution in [2.24, 2.45) is 5.92 Å². The van der Waals surface area contributed by atoms with Gasteiger partial charge in [-0.1, -0.05) is 11.3 Å². The van der Waals surface area contributed by atoms with E-state index < -0.39 is 0 Å². The number of hydrogen-bond acceptors (Lipinski definition) is 7. The molecule has 9 heteroatoms. The largest absolute Gasteiger partial charge is 0.379 e. The van der Waals surface area contributed by atoms with Gasteiger partial charge in [-0.05, 0) is 36.6 Å². The lowest BCUT2D eigenvalue weighted by molar-refractivity contribution is -0.389. The Morgan fingerprint density at radius 1 is 1.28 bits per heavy atom. The molecule has 0 N–H and O–H groups in total. The molecule has 0 aliphatic carbocycles. The van der Waals surface area contributed by atoms with Crippen LogP contribution in [0.3, 0.4) is 0 Å². The maximum Gasteiger partial charge on any atom is 0.373 e. The highest BCUT2D eigenvalue weighted by Gasteiger charge is 2.30. The number of hydrogen-bond donors (Lipinski definition) is 0. The molecule has 2 fully saturated rings. The van der Waals surface area contributed by atoms with Gasteiger partial charge in [-0.2, -0.15) is 9.38 Å². The average molecular weight is 365 g/mol. The maximum atomic E-state index is 11.5. The first-order chi connectivity index (χ1) is 12.2. The van der Waals surface area contributed by atoms with Gasteiger partial charge >= 0.3 is 5.82 Å². The SMILES string of the molecule is O=[N+]([O-])c1c(N2CCC(CCN3CCOCC3)CC2)nc2sccn12. The van der Waals surface area contributed by atoms with Crippen LogP contribution in [0.15, 0.2) is 11.6 Å². The van der Waals surface area contributed by atoms with Crippen LogP contribution in [-0.2, 0) is 4.74 Å². The van der Waals surface area contributed by atoms with Crippen LogP contribution >= 0.6 is 11.3 Å². The fourth-order valence-electron chi connectivity index (χ4n) is 3.77. The van der Waals surface area contributed by atoms with E-state index in [1.165, 1.54) is 17.8 Å². The summed E-state index contributed by atoms with van der Waals surface area (Å²) in [6.45, 7) is 6.60. The lowest BCUT2D eigenvalue weighted by Gasteiger charge is -2.33. The molecule has 4 heterocycles. The maximum absolute atomic E-state index is 11.5. The Bertz CT molecular complexity index is 731. The predicted octanol–water partition coefficient (Wildman–Crippen LogP) is 2.24. The number of aromatic nitrogens is 2. The molecule has 0 bridgehead atoms. The Labute approximate surface area is 150 Å². The van der Waals surface area contributed by atoms with Crippen molar-refractivity contribution in [1.82, 2.24) is 14.3 Å². The Morgan fingerprint density at radius 3 is 2.76 bits per heavy atom. The van der Waals surface area contributed by atoms with Gasteiger partial charge in [-0.3, -0.25) is 4.90 Å². The van der Waals surface area contributed by atoms with E-state index in [0.29, 0.717) is 16.7 Å². The summed E-state index contributed by atoms with van der Waals surface area (Å²) < 4.78 is 6.98. The summed E-state index contributed by atoms with van der Waals surface area (Å²) in [6.07, 6.45) is 5.08. The van der Waals surface area contributed by atoms with Gasteiger partial charge < -0.3 is 19.8 Å². The van der Waals surface area contributed by atoms with Crippen LogP contribution in [-0.4, -0.2) is 65.1 Å². The quantitative estimate of drug-likeness (QED) is 0.597. The van der Waals surface area contributed by atoms with E-state index in [1.54, 1.807) is 10.6 Å². The summed E-state index contributed by atoms with van der Waals surface area (Å²) in [7, 11) is 0. The minimum Gasteiger partial charge on any atom is -0.379 e. The van der Waals surface area contributed by atoms with Crippen LogP contribution in [0.25, 0.3) is 4.96 Å². The van der Waals surface area contributed by atoms with Gasteiger partial charge in [0.15, 0.2) is 0 Å². The molecule has 25 heavy (non-hydrogen) atoms. The third-order valence-electron chi connectivity index (χ3n) is 5.26. The van der Waals surface area contributed by atoms with Gasteiger partial charge in [0.05, 0.1) is 13.2 Å². The first-order valence-corrected chi connectivity index (χ1v) is 9.75. The number of rotatable bonds is 5. The van der Waals surface area contributed by atoms with E-state index in [1.807, 2.05) is 5.38 Å². The van der Waals surface area contributed by atoms with Crippen molar-refractivity contribution in [2.75, 3.05) is 50.8 Å². The molecule has 136 valence electrons. The Kier molecular flexibility index (Phi) is 4.87. The van der Waals surface area contributed by atoms with E-state index in [-0.39, 0.29) is 10.7 Å². The number of imidazole rings is 1. The third kappa shape index (κ3) is 3.49. The molecular formula is C16H23N5O3S. The van der Waals surface area contributed by atoms with Gasteiger partial charge in [-0.25, -0.2) is 0 Å². The van der Waals surface area contributed by atoms with Crippen molar-refractivity contribution in [2.45, 2.75) is 19.3 Å². The number of morpholine rings is 1. The predicted molar refractivity (Wildman–Crippen MR) is 96.5 cm³/mol. The molecule has 0 spiro atoms. The second kappa shape index (κ2) is 7.27. The smallest absolute Gasteiger partial charge is 0.373 e. The molecule has 8 nitrogen and oxygen atoms in total. The molecule has 0 unspecified atom stereocenters. The molecule has 2 saturated heterocycles. The molecule has 2 aromatic rings. The van der Waals surface area contributed by atoms with Crippen molar-refractivity contribution in [1.29, 1.82) is 0 Å². The van der Waals surface area contributed by atoms with E-state index in [4.69, 9.17) is 4.74 Å². The summed E-state index contributed by atoms with van der Waals surface area (Å²) in [6, 6.07) is 0. The molecule has 0 aromatic carbocycles. The van der Waals surface area contributed by atoms with Crippen LogP contribution in [0.4, 0.5) is 11.6 Å². The number of anilines is 1. The average Bonchev–Trinajstić information content (AvgIpc) is 3.22. The lowest BCUT2D eigenvalue weighted by atomic mass is 9.93. The standard InChI is InChI=1S/C16H23N5O3S/c22-21(23)15-14(17-16-20(15)9-12-25-16)19-5-2-13(3-6-19)1-4-18-7-10-24-11-8-18/h9,12-13H,1-8,10-11H2. The first-order valence-electron chi connectivity index (χ1n) is 8.87. The number of ether oxygens (including phenoxy) is 1. The lowest BCUT2D eigenvalue weighted by Crippen LogP contribution is -2.39. The normalized spacial score (nSPS) is 20.4. The highest BCUT2D eigenvalue weighted by atomic mass is 32.1. The molecule has 2 aliphatic heterocycles. The van der Waals surface area contributed by atoms with Gasteiger partial charge in [0.25, 0.3) is 4.96 Å². The monoisotopic (exact) mass is 365 g/mol. The zero-order valence-electron chi connectivity index (χ0n) is 14.2. The number of nitrogens with zero attached hydrogens (tertiary/aromatic N) is 5. The van der Waals surface area contributed by atoms with E-state index in [0.717, 1.165) is 58.8 Å². The Hall–Kier alpha value is -1.71. The highest BCUT2D eigenvalue weighted by molar-refractivity contribution is 7.15. The highest BCUT2D eigenvalue weighted by Crippen LogP contribution is 2.34.